The Kier molecular flexibility index (Phi) is 14.5. The van der Waals surface area contributed by atoms with E-state index in [2.05, 4.69) is 41.7 Å². The quantitative estimate of drug-likeness (QED) is 0.0995. The lowest BCUT2D eigenvalue weighted by atomic mass is 9.81. The third-order valence-electron chi connectivity index (χ3n) is 8.26. The van der Waals surface area contributed by atoms with E-state index in [1.807, 2.05) is 53.8 Å². The van der Waals surface area contributed by atoms with E-state index in [1.165, 1.54) is 0 Å². The maximum absolute atomic E-state index is 13.6. The predicted molar refractivity (Wildman–Crippen MR) is 170 cm³/mol. The van der Waals surface area contributed by atoms with Crippen LogP contribution < -0.4 is 21.3 Å². The van der Waals surface area contributed by atoms with E-state index in [9.17, 15) is 14.4 Å². The van der Waals surface area contributed by atoms with Gasteiger partial charge in [-0.3, -0.25) is 14.4 Å². The highest BCUT2D eigenvalue weighted by Crippen LogP contribution is 2.34. The summed E-state index contributed by atoms with van der Waals surface area (Å²) in [5, 5.41) is 12.5. The maximum atomic E-state index is 13.6. The number of allylic oxidation sites excluding steroid dienone is 5. The molecule has 0 unspecified atom stereocenters. The first kappa shape index (κ1) is 36.1. The Bertz CT molecular complexity index is 1100. The lowest BCUT2D eigenvalue weighted by Crippen LogP contribution is -2.59. The fraction of sp³-hybridized carbons (Fsp3) is 0.606. The Hall–Kier alpha value is -2.97. The number of hydrogen-bond donors (Lipinski definition) is 4. The van der Waals surface area contributed by atoms with Crippen LogP contribution in [0.15, 0.2) is 58.1 Å². The third-order valence-corrected chi connectivity index (χ3v) is 8.26. The average molecular weight is 571 g/mol. The smallest absolute Gasteiger partial charge is 0.279 e. The summed E-state index contributed by atoms with van der Waals surface area (Å²) < 4.78 is 0.555. The molecule has 230 valence electrons. The van der Waals surface area contributed by atoms with Crippen LogP contribution in [0.25, 0.3) is 0 Å². The molecule has 1 aliphatic rings. The first-order valence-electron chi connectivity index (χ1n) is 14.8. The van der Waals surface area contributed by atoms with Gasteiger partial charge in [-0.05, 0) is 85.0 Å². The molecule has 0 aliphatic carbocycles. The lowest BCUT2D eigenvalue weighted by molar-refractivity contribution is -0.923. The highest BCUT2D eigenvalue weighted by Gasteiger charge is 2.39. The number of Topliss-reactive ketones (excluding diaryl/α,β-unsaturated/α-hetero) is 1. The minimum atomic E-state index is -0.182. The molecule has 0 saturated carbocycles. The number of likely N-dealkylation sites (tertiary alicyclic amines) is 1. The van der Waals surface area contributed by atoms with Crippen molar-refractivity contribution in [2.75, 3.05) is 46.3 Å². The number of hydrogen-bond acceptors (Lipinski definition) is 5. The monoisotopic (exact) mass is 570 g/mol. The van der Waals surface area contributed by atoms with E-state index in [1.54, 1.807) is 13.8 Å². The summed E-state index contributed by atoms with van der Waals surface area (Å²) in [5.74, 6) is -0.306. The Morgan fingerprint density at radius 3 is 1.85 bits per heavy atom. The number of quaternary nitrogens is 1. The van der Waals surface area contributed by atoms with Gasteiger partial charge in [0.25, 0.3) is 5.91 Å². The van der Waals surface area contributed by atoms with Crippen molar-refractivity contribution in [1.82, 2.24) is 21.3 Å². The van der Waals surface area contributed by atoms with Crippen molar-refractivity contribution < 1.29 is 18.9 Å². The van der Waals surface area contributed by atoms with Gasteiger partial charge in [0.15, 0.2) is 12.3 Å². The minimum Gasteiger partial charge on any atom is -0.354 e. The summed E-state index contributed by atoms with van der Waals surface area (Å²) in [6, 6.07) is 0. The molecule has 1 saturated heterocycles. The molecule has 41 heavy (non-hydrogen) atoms. The second kappa shape index (κ2) is 16.5. The van der Waals surface area contributed by atoms with Crippen molar-refractivity contribution in [3.63, 3.8) is 0 Å². The van der Waals surface area contributed by atoms with Crippen LogP contribution in [0.2, 0.25) is 0 Å². The van der Waals surface area contributed by atoms with Crippen molar-refractivity contribution in [2.45, 2.75) is 81.6 Å². The van der Waals surface area contributed by atoms with E-state index < -0.39 is 0 Å². The zero-order valence-corrected chi connectivity index (χ0v) is 27.4. The van der Waals surface area contributed by atoms with Crippen molar-refractivity contribution in [1.29, 1.82) is 0 Å². The van der Waals surface area contributed by atoms with Gasteiger partial charge in [0.1, 0.15) is 6.54 Å². The molecule has 1 rings (SSSR count). The van der Waals surface area contributed by atoms with Crippen LogP contribution in [0.4, 0.5) is 0 Å². The molecule has 0 aromatic rings. The van der Waals surface area contributed by atoms with Gasteiger partial charge in [0.05, 0.1) is 24.5 Å². The largest absolute Gasteiger partial charge is 0.354 e. The van der Waals surface area contributed by atoms with Crippen molar-refractivity contribution in [3.05, 3.63) is 58.1 Å². The molecule has 1 heterocycles. The zero-order chi connectivity index (χ0) is 31.4. The van der Waals surface area contributed by atoms with Crippen LogP contribution in [-0.4, -0.2) is 68.4 Å². The topological polar surface area (TPSA) is 99.3 Å². The lowest BCUT2D eigenvalue weighted by Gasteiger charge is -2.46. The molecule has 0 aromatic heterocycles. The summed E-state index contributed by atoms with van der Waals surface area (Å²) in [4.78, 5) is 38.7. The number of carbonyl (C=O) groups excluding carboxylic acids is 3. The molecule has 4 N–H and O–H groups in total. The van der Waals surface area contributed by atoms with E-state index in [0.29, 0.717) is 34.4 Å². The van der Waals surface area contributed by atoms with E-state index >= 15 is 0 Å². The maximum Gasteiger partial charge on any atom is 0.279 e. The highest BCUT2D eigenvalue weighted by atomic mass is 16.2. The first-order chi connectivity index (χ1) is 19.1. The van der Waals surface area contributed by atoms with Crippen molar-refractivity contribution in [2.24, 2.45) is 5.41 Å². The number of nitrogens with one attached hydrogen (secondary N) is 4. The number of amides is 2. The Morgan fingerprint density at radius 1 is 0.829 bits per heavy atom. The summed E-state index contributed by atoms with van der Waals surface area (Å²) in [7, 11) is 1.88. The van der Waals surface area contributed by atoms with Crippen LogP contribution >= 0.6 is 0 Å². The van der Waals surface area contributed by atoms with Gasteiger partial charge in [0, 0.05) is 36.2 Å². The molecule has 0 spiro atoms. The average Bonchev–Trinajstić information content (AvgIpc) is 2.92. The molecule has 1 aliphatic heterocycles. The molecule has 8 heteroatoms. The fourth-order valence-electron chi connectivity index (χ4n) is 4.95. The van der Waals surface area contributed by atoms with Gasteiger partial charge in [0.2, 0.25) is 5.91 Å². The molecule has 8 nitrogen and oxygen atoms in total. The predicted octanol–water partition coefficient (Wildman–Crippen LogP) is 4.64. The van der Waals surface area contributed by atoms with Crippen LogP contribution in [0.5, 0.6) is 0 Å². The van der Waals surface area contributed by atoms with Crippen LogP contribution in [0.1, 0.15) is 81.6 Å². The van der Waals surface area contributed by atoms with Gasteiger partial charge < -0.3 is 25.8 Å². The zero-order valence-electron chi connectivity index (χ0n) is 27.4. The van der Waals surface area contributed by atoms with Gasteiger partial charge in [-0.2, -0.15) is 0 Å². The summed E-state index contributed by atoms with van der Waals surface area (Å²) in [6.07, 6.45) is 6.68. The number of rotatable bonds is 15. The molecule has 0 radical (unpaired) electrons. The molecule has 2 amide bonds. The SMILES string of the molecule is C=C(C[N+]1(CC(=O)NC(/C(C)=C\C)=C(/C)C(=O)NCCCNC)CCC(C)(C)CC1)NC(/C(C)=C\C)=C(/C)C(C)=O. The van der Waals surface area contributed by atoms with E-state index in [0.717, 1.165) is 61.4 Å². The Balaban J connectivity index is 3.25. The summed E-state index contributed by atoms with van der Waals surface area (Å²) >= 11 is 0. The highest BCUT2D eigenvalue weighted by molar-refractivity contribution is 5.95. The number of piperidine rings is 1. The number of nitrogens with zero attached hydrogens (tertiary/aromatic N) is 1. The second-order valence-electron chi connectivity index (χ2n) is 12.3. The molecule has 0 aromatic carbocycles. The standard InChI is InChI=1S/C33H55N5O3/c1-12-23(3)30(26(6)28(8)39)36-25(5)21-38(19-15-33(9,10)16-20-38)22-29(40)37-31(24(4)13-2)27(7)32(41)35-18-14-17-34-11/h12-13,34H,5,14-22H2,1-4,6-11H3,(H2-,35,36,37,39,40,41)/p+1/b23-12-,24-13-. The molecule has 0 bridgehead atoms. The first-order valence-corrected chi connectivity index (χ1v) is 14.8. The third kappa shape index (κ3) is 11.4. The summed E-state index contributed by atoms with van der Waals surface area (Å²) in [6.45, 7) is 25.6. The van der Waals surface area contributed by atoms with Gasteiger partial charge in [-0.25, -0.2) is 0 Å². The summed E-state index contributed by atoms with van der Waals surface area (Å²) in [5.41, 5.74) is 5.27. The van der Waals surface area contributed by atoms with Gasteiger partial charge >= 0.3 is 0 Å². The number of carbonyl (C=O) groups is 3. The van der Waals surface area contributed by atoms with E-state index in [-0.39, 0.29) is 29.6 Å². The molecule has 0 atom stereocenters. The molecule has 1 fully saturated rings. The normalized spacial score (nSPS) is 18.1. The fourth-order valence-corrected chi connectivity index (χ4v) is 4.95. The second-order valence-corrected chi connectivity index (χ2v) is 12.3. The van der Waals surface area contributed by atoms with Gasteiger partial charge in [-0.15, -0.1) is 0 Å². The molecular formula is C33H56N5O3+. The van der Waals surface area contributed by atoms with E-state index in [4.69, 9.17) is 0 Å². The van der Waals surface area contributed by atoms with Crippen molar-refractivity contribution in [3.8, 4) is 0 Å². The van der Waals surface area contributed by atoms with Crippen LogP contribution in [0, 0.1) is 5.41 Å². The minimum absolute atomic E-state index is 0.00426. The van der Waals surface area contributed by atoms with Gasteiger partial charge in [-0.1, -0.05) is 32.6 Å². The molecular weight excluding hydrogens is 514 g/mol. The number of ketones is 1. The van der Waals surface area contributed by atoms with Crippen molar-refractivity contribution >= 4 is 17.6 Å². The Morgan fingerprint density at radius 2 is 1.37 bits per heavy atom. The van der Waals surface area contributed by atoms with Crippen LogP contribution in [-0.2, 0) is 14.4 Å². The Labute approximate surface area is 249 Å². The van der Waals surface area contributed by atoms with Crippen LogP contribution in [0.3, 0.4) is 0 Å².